The SMILES string of the molecule is COc1cc(OC)c(CN2CCOCC2)cc1F. The third-order valence-electron chi connectivity index (χ3n) is 3.05. The van der Waals surface area contributed by atoms with E-state index in [2.05, 4.69) is 4.90 Å². The van der Waals surface area contributed by atoms with E-state index in [4.69, 9.17) is 14.2 Å². The number of halogens is 1. The summed E-state index contributed by atoms with van der Waals surface area (Å²) in [5.41, 5.74) is 0.831. The van der Waals surface area contributed by atoms with Crippen LogP contribution < -0.4 is 9.47 Å². The summed E-state index contributed by atoms with van der Waals surface area (Å²) in [6.45, 7) is 3.82. The van der Waals surface area contributed by atoms with Crippen LogP contribution >= 0.6 is 0 Å². The summed E-state index contributed by atoms with van der Waals surface area (Å²) in [5.74, 6) is 0.499. The van der Waals surface area contributed by atoms with Gasteiger partial charge in [0.15, 0.2) is 11.6 Å². The lowest BCUT2D eigenvalue weighted by atomic mass is 10.1. The van der Waals surface area contributed by atoms with Crippen molar-refractivity contribution in [3.05, 3.63) is 23.5 Å². The van der Waals surface area contributed by atoms with Crippen molar-refractivity contribution in [2.75, 3.05) is 40.5 Å². The average molecular weight is 255 g/mol. The van der Waals surface area contributed by atoms with Crippen molar-refractivity contribution >= 4 is 0 Å². The molecule has 1 aromatic carbocycles. The van der Waals surface area contributed by atoms with E-state index >= 15 is 0 Å². The third-order valence-corrected chi connectivity index (χ3v) is 3.05. The van der Waals surface area contributed by atoms with E-state index in [1.807, 2.05) is 0 Å². The highest BCUT2D eigenvalue weighted by atomic mass is 19.1. The summed E-state index contributed by atoms with van der Waals surface area (Å²) in [7, 11) is 3.02. The van der Waals surface area contributed by atoms with Gasteiger partial charge in [0.05, 0.1) is 27.4 Å². The van der Waals surface area contributed by atoms with Crippen molar-refractivity contribution in [2.24, 2.45) is 0 Å². The van der Waals surface area contributed by atoms with E-state index in [9.17, 15) is 4.39 Å². The van der Waals surface area contributed by atoms with Crippen LogP contribution in [0.5, 0.6) is 11.5 Å². The maximum atomic E-state index is 13.7. The van der Waals surface area contributed by atoms with Gasteiger partial charge in [0.25, 0.3) is 0 Å². The Kier molecular flexibility index (Phi) is 4.38. The fraction of sp³-hybridized carbons (Fsp3) is 0.538. The van der Waals surface area contributed by atoms with Gasteiger partial charge in [-0.25, -0.2) is 4.39 Å². The molecule has 0 bridgehead atoms. The Morgan fingerprint density at radius 3 is 2.44 bits per heavy atom. The minimum absolute atomic E-state index is 0.206. The van der Waals surface area contributed by atoms with Gasteiger partial charge in [0, 0.05) is 31.3 Å². The molecule has 1 saturated heterocycles. The topological polar surface area (TPSA) is 30.9 Å². The molecule has 1 heterocycles. The molecule has 1 fully saturated rings. The Balaban J connectivity index is 2.17. The molecule has 0 saturated carbocycles. The molecule has 0 N–H and O–H groups in total. The molecule has 2 rings (SSSR count). The van der Waals surface area contributed by atoms with Gasteiger partial charge >= 0.3 is 0 Å². The molecule has 0 aliphatic carbocycles. The quantitative estimate of drug-likeness (QED) is 0.819. The minimum Gasteiger partial charge on any atom is -0.496 e. The Morgan fingerprint density at radius 2 is 1.83 bits per heavy atom. The summed E-state index contributed by atoms with van der Waals surface area (Å²) in [6, 6.07) is 3.07. The van der Waals surface area contributed by atoms with E-state index in [0.29, 0.717) is 12.3 Å². The second kappa shape index (κ2) is 6.02. The molecular weight excluding hydrogens is 237 g/mol. The van der Waals surface area contributed by atoms with Crippen molar-refractivity contribution < 1.29 is 18.6 Å². The second-order valence-corrected chi connectivity index (χ2v) is 4.19. The molecule has 0 unspecified atom stereocenters. The molecule has 0 atom stereocenters. The highest BCUT2D eigenvalue weighted by molar-refractivity contribution is 5.41. The van der Waals surface area contributed by atoms with E-state index < -0.39 is 0 Å². The van der Waals surface area contributed by atoms with Crippen molar-refractivity contribution in [1.82, 2.24) is 4.90 Å². The van der Waals surface area contributed by atoms with E-state index in [1.165, 1.54) is 13.2 Å². The Morgan fingerprint density at radius 1 is 1.17 bits per heavy atom. The fourth-order valence-corrected chi connectivity index (χ4v) is 2.05. The molecule has 100 valence electrons. The Labute approximate surface area is 106 Å². The summed E-state index contributed by atoms with van der Waals surface area (Å²) < 4.78 is 29.2. The maximum Gasteiger partial charge on any atom is 0.165 e. The molecule has 0 spiro atoms. The van der Waals surface area contributed by atoms with Gasteiger partial charge < -0.3 is 14.2 Å². The number of methoxy groups -OCH3 is 2. The average Bonchev–Trinajstić information content (AvgIpc) is 2.40. The third kappa shape index (κ3) is 2.91. The van der Waals surface area contributed by atoms with Gasteiger partial charge in [-0.05, 0) is 6.07 Å². The zero-order chi connectivity index (χ0) is 13.0. The zero-order valence-electron chi connectivity index (χ0n) is 10.7. The second-order valence-electron chi connectivity index (χ2n) is 4.19. The van der Waals surface area contributed by atoms with Gasteiger partial charge in [0.1, 0.15) is 5.75 Å². The smallest absolute Gasteiger partial charge is 0.165 e. The molecule has 0 aromatic heterocycles. The lowest BCUT2D eigenvalue weighted by Crippen LogP contribution is -2.35. The first-order valence-electron chi connectivity index (χ1n) is 5.95. The number of ether oxygens (including phenoxy) is 3. The number of rotatable bonds is 4. The van der Waals surface area contributed by atoms with Gasteiger partial charge in [-0.3, -0.25) is 4.90 Å². The predicted octanol–water partition coefficient (Wildman–Crippen LogP) is 1.68. The largest absolute Gasteiger partial charge is 0.496 e. The van der Waals surface area contributed by atoms with Crippen LogP contribution in [0.15, 0.2) is 12.1 Å². The van der Waals surface area contributed by atoms with E-state index in [-0.39, 0.29) is 11.6 Å². The first kappa shape index (κ1) is 13.1. The van der Waals surface area contributed by atoms with Crippen molar-refractivity contribution in [2.45, 2.75) is 6.54 Å². The molecule has 4 nitrogen and oxygen atoms in total. The van der Waals surface area contributed by atoms with Crippen LogP contribution in [-0.4, -0.2) is 45.4 Å². The molecule has 1 aliphatic rings. The highest BCUT2D eigenvalue weighted by Gasteiger charge is 2.16. The number of nitrogens with zero attached hydrogens (tertiary/aromatic N) is 1. The first-order valence-corrected chi connectivity index (χ1v) is 5.95. The summed E-state index contributed by atoms with van der Waals surface area (Å²) >= 11 is 0. The minimum atomic E-state index is -0.360. The number of hydrogen-bond acceptors (Lipinski definition) is 4. The Bertz CT molecular complexity index is 405. The molecule has 1 aliphatic heterocycles. The van der Waals surface area contributed by atoms with Crippen molar-refractivity contribution in [3.63, 3.8) is 0 Å². The molecule has 18 heavy (non-hydrogen) atoms. The molecule has 1 aromatic rings. The van der Waals surface area contributed by atoms with Gasteiger partial charge in [0.2, 0.25) is 0 Å². The van der Waals surface area contributed by atoms with Crippen molar-refractivity contribution in [3.8, 4) is 11.5 Å². The van der Waals surface area contributed by atoms with Gasteiger partial charge in [-0.2, -0.15) is 0 Å². The lowest BCUT2D eigenvalue weighted by Gasteiger charge is -2.27. The fourth-order valence-electron chi connectivity index (χ4n) is 2.05. The van der Waals surface area contributed by atoms with Gasteiger partial charge in [-0.1, -0.05) is 0 Å². The zero-order valence-corrected chi connectivity index (χ0v) is 10.7. The van der Waals surface area contributed by atoms with Crippen LogP contribution in [0.4, 0.5) is 4.39 Å². The number of hydrogen-bond donors (Lipinski definition) is 0. The standard InChI is InChI=1S/C13H18FNO3/c1-16-12-8-13(17-2)11(14)7-10(12)9-15-3-5-18-6-4-15/h7-8H,3-6,9H2,1-2H3. The summed E-state index contributed by atoms with van der Waals surface area (Å²) in [6.07, 6.45) is 0. The van der Waals surface area contributed by atoms with Crippen molar-refractivity contribution in [1.29, 1.82) is 0 Å². The van der Waals surface area contributed by atoms with Crippen LogP contribution in [0.1, 0.15) is 5.56 Å². The summed E-state index contributed by atoms with van der Waals surface area (Å²) in [5, 5.41) is 0. The Hall–Kier alpha value is -1.33. The monoisotopic (exact) mass is 255 g/mol. The normalized spacial score (nSPS) is 16.6. The molecule has 5 heteroatoms. The van der Waals surface area contributed by atoms with E-state index in [1.54, 1.807) is 13.2 Å². The molecule has 0 radical (unpaired) electrons. The van der Waals surface area contributed by atoms with E-state index in [0.717, 1.165) is 31.9 Å². The highest BCUT2D eigenvalue weighted by Crippen LogP contribution is 2.29. The number of morpholine rings is 1. The van der Waals surface area contributed by atoms with Crippen LogP contribution in [-0.2, 0) is 11.3 Å². The summed E-state index contributed by atoms with van der Waals surface area (Å²) in [4.78, 5) is 2.22. The number of benzene rings is 1. The first-order chi connectivity index (χ1) is 8.74. The predicted molar refractivity (Wildman–Crippen MR) is 65.6 cm³/mol. The van der Waals surface area contributed by atoms with Crippen LogP contribution in [0.3, 0.4) is 0 Å². The van der Waals surface area contributed by atoms with Crippen LogP contribution in [0, 0.1) is 5.82 Å². The maximum absolute atomic E-state index is 13.7. The molecular formula is C13H18FNO3. The van der Waals surface area contributed by atoms with Crippen LogP contribution in [0.2, 0.25) is 0 Å². The molecule has 0 amide bonds. The lowest BCUT2D eigenvalue weighted by molar-refractivity contribution is 0.0338. The van der Waals surface area contributed by atoms with Crippen LogP contribution in [0.25, 0.3) is 0 Å². The van der Waals surface area contributed by atoms with Gasteiger partial charge in [-0.15, -0.1) is 0 Å².